The molecule has 1 fully saturated rings. The van der Waals surface area contributed by atoms with Gasteiger partial charge < -0.3 is 15.4 Å². The van der Waals surface area contributed by atoms with Crippen LogP contribution in [0.1, 0.15) is 53.9 Å². The lowest BCUT2D eigenvalue weighted by Gasteiger charge is -2.29. The van der Waals surface area contributed by atoms with Crippen LogP contribution in [-0.2, 0) is 4.74 Å². The van der Waals surface area contributed by atoms with E-state index in [9.17, 15) is 4.79 Å². The molecule has 1 unspecified atom stereocenters. The second-order valence-electron chi connectivity index (χ2n) is 6.75. The Morgan fingerprint density at radius 1 is 1.39 bits per heavy atom. The molecule has 0 aromatic carbocycles. The smallest absolute Gasteiger partial charge is 0.410 e. The van der Waals surface area contributed by atoms with E-state index in [1.54, 1.807) is 0 Å². The van der Waals surface area contributed by atoms with Gasteiger partial charge in [0.15, 0.2) is 0 Å². The molecule has 1 amide bonds. The molecule has 0 aromatic heterocycles. The van der Waals surface area contributed by atoms with Crippen LogP contribution >= 0.6 is 0 Å². The van der Waals surface area contributed by atoms with E-state index >= 15 is 0 Å². The van der Waals surface area contributed by atoms with Crippen LogP contribution in [-0.4, -0.2) is 35.2 Å². The van der Waals surface area contributed by atoms with Gasteiger partial charge in [-0.15, -0.1) is 0 Å². The first-order valence-corrected chi connectivity index (χ1v) is 6.94. The van der Waals surface area contributed by atoms with E-state index in [2.05, 4.69) is 13.8 Å². The zero-order valence-corrected chi connectivity index (χ0v) is 12.4. The van der Waals surface area contributed by atoms with Crippen molar-refractivity contribution in [3.8, 4) is 0 Å². The minimum absolute atomic E-state index is 0.0399. The summed E-state index contributed by atoms with van der Waals surface area (Å²) in [5.41, 5.74) is 5.66. The SMILES string of the molecule is CC(C)CC(N)CN(C(=O)OC(C)(C)C)C1CC1. The average molecular weight is 256 g/mol. The highest BCUT2D eigenvalue weighted by atomic mass is 16.6. The average Bonchev–Trinajstić information content (AvgIpc) is 2.92. The number of carbonyl (C=O) groups excluding carboxylic acids is 1. The van der Waals surface area contributed by atoms with E-state index in [1.165, 1.54) is 0 Å². The van der Waals surface area contributed by atoms with Crippen molar-refractivity contribution in [2.45, 2.75) is 71.6 Å². The fourth-order valence-corrected chi connectivity index (χ4v) is 2.01. The van der Waals surface area contributed by atoms with Crippen molar-refractivity contribution in [1.29, 1.82) is 0 Å². The molecule has 0 saturated heterocycles. The first kappa shape index (κ1) is 15.3. The van der Waals surface area contributed by atoms with Crippen molar-refractivity contribution in [2.75, 3.05) is 6.54 Å². The van der Waals surface area contributed by atoms with Gasteiger partial charge in [-0.3, -0.25) is 0 Å². The van der Waals surface area contributed by atoms with Crippen LogP contribution in [0.4, 0.5) is 4.79 Å². The van der Waals surface area contributed by atoms with Crippen LogP contribution in [0.25, 0.3) is 0 Å². The maximum Gasteiger partial charge on any atom is 0.410 e. The van der Waals surface area contributed by atoms with Crippen molar-refractivity contribution in [3.63, 3.8) is 0 Å². The molecule has 0 radical (unpaired) electrons. The number of amides is 1. The fourth-order valence-electron chi connectivity index (χ4n) is 2.01. The largest absolute Gasteiger partial charge is 0.444 e. The Labute approximate surface area is 111 Å². The summed E-state index contributed by atoms with van der Waals surface area (Å²) in [6.45, 7) is 10.6. The van der Waals surface area contributed by atoms with Crippen LogP contribution in [0.2, 0.25) is 0 Å². The van der Waals surface area contributed by atoms with Gasteiger partial charge in [0.05, 0.1) is 0 Å². The molecule has 0 spiro atoms. The minimum atomic E-state index is -0.438. The molecule has 18 heavy (non-hydrogen) atoms. The highest BCUT2D eigenvalue weighted by Gasteiger charge is 2.35. The molecule has 0 aliphatic heterocycles. The monoisotopic (exact) mass is 256 g/mol. The van der Waals surface area contributed by atoms with E-state index < -0.39 is 5.60 Å². The predicted molar refractivity (Wildman–Crippen MR) is 73.4 cm³/mol. The summed E-state index contributed by atoms with van der Waals surface area (Å²) in [7, 11) is 0. The summed E-state index contributed by atoms with van der Waals surface area (Å²) >= 11 is 0. The number of carbonyl (C=O) groups is 1. The Morgan fingerprint density at radius 2 is 1.94 bits per heavy atom. The summed E-state index contributed by atoms with van der Waals surface area (Å²) < 4.78 is 5.44. The van der Waals surface area contributed by atoms with Crippen LogP contribution in [0, 0.1) is 5.92 Å². The molecule has 106 valence electrons. The van der Waals surface area contributed by atoms with Gasteiger partial charge in [-0.25, -0.2) is 4.79 Å². The summed E-state index contributed by atoms with van der Waals surface area (Å²) in [5, 5.41) is 0. The highest BCUT2D eigenvalue weighted by molar-refractivity contribution is 5.69. The standard InChI is InChI=1S/C14H28N2O2/c1-10(2)8-11(15)9-16(12-6-7-12)13(17)18-14(3,4)5/h10-12H,6-9,15H2,1-5H3. The van der Waals surface area contributed by atoms with Gasteiger partial charge in [-0.05, 0) is 46.0 Å². The number of nitrogens with zero attached hydrogens (tertiary/aromatic N) is 1. The Morgan fingerprint density at radius 3 is 2.33 bits per heavy atom. The molecule has 0 heterocycles. The van der Waals surface area contributed by atoms with Crippen LogP contribution in [0.5, 0.6) is 0 Å². The van der Waals surface area contributed by atoms with Crippen molar-refractivity contribution in [2.24, 2.45) is 11.7 Å². The normalized spacial score (nSPS) is 17.7. The molecular formula is C14H28N2O2. The number of hydrogen-bond donors (Lipinski definition) is 1. The van der Waals surface area contributed by atoms with Crippen molar-refractivity contribution < 1.29 is 9.53 Å². The summed E-state index contributed by atoms with van der Waals surface area (Å²) in [6, 6.07) is 0.385. The lowest BCUT2D eigenvalue weighted by Crippen LogP contribution is -2.45. The van der Waals surface area contributed by atoms with Crippen LogP contribution in [0.3, 0.4) is 0 Å². The third-order valence-electron chi connectivity index (χ3n) is 2.82. The van der Waals surface area contributed by atoms with E-state index in [4.69, 9.17) is 10.5 Å². The Kier molecular flexibility index (Phi) is 5.02. The second-order valence-corrected chi connectivity index (χ2v) is 6.75. The molecule has 4 heteroatoms. The minimum Gasteiger partial charge on any atom is -0.444 e. The van der Waals surface area contributed by atoms with Crippen molar-refractivity contribution in [1.82, 2.24) is 4.90 Å². The van der Waals surface area contributed by atoms with E-state index in [1.807, 2.05) is 25.7 Å². The predicted octanol–water partition coefficient (Wildman–Crippen LogP) is 2.76. The summed E-state index contributed by atoms with van der Waals surface area (Å²) in [5.74, 6) is 0.555. The lowest BCUT2D eigenvalue weighted by molar-refractivity contribution is 0.0218. The molecule has 1 saturated carbocycles. The first-order chi connectivity index (χ1) is 8.19. The van der Waals surface area contributed by atoms with Gasteiger partial charge in [0.2, 0.25) is 0 Å². The lowest BCUT2D eigenvalue weighted by atomic mass is 10.0. The molecule has 0 aromatic rings. The van der Waals surface area contributed by atoms with E-state index in [-0.39, 0.29) is 12.1 Å². The highest BCUT2D eigenvalue weighted by Crippen LogP contribution is 2.28. The fraction of sp³-hybridized carbons (Fsp3) is 0.929. The van der Waals surface area contributed by atoms with E-state index in [0.717, 1.165) is 19.3 Å². The second kappa shape index (κ2) is 5.91. The summed E-state index contributed by atoms with van der Waals surface area (Å²) in [4.78, 5) is 13.9. The Hall–Kier alpha value is -0.770. The van der Waals surface area contributed by atoms with Gasteiger partial charge in [0.25, 0.3) is 0 Å². The van der Waals surface area contributed by atoms with Gasteiger partial charge in [0.1, 0.15) is 5.60 Å². The quantitative estimate of drug-likeness (QED) is 0.823. The molecule has 1 rings (SSSR count). The molecule has 2 N–H and O–H groups in total. The van der Waals surface area contributed by atoms with Gasteiger partial charge in [-0.2, -0.15) is 0 Å². The molecule has 4 nitrogen and oxygen atoms in total. The van der Waals surface area contributed by atoms with Gasteiger partial charge in [-0.1, -0.05) is 13.8 Å². The number of nitrogens with two attached hydrogens (primary N) is 1. The Bertz CT molecular complexity index is 280. The van der Waals surface area contributed by atoms with Gasteiger partial charge >= 0.3 is 6.09 Å². The Balaban J connectivity index is 2.52. The zero-order valence-electron chi connectivity index (χ0n) is 12.4. The topological polar surface area (TPSA) is 55.6 Å². The van der Waals surface area contributed by atoms with Crippen LogP contribution in [0.15, 0.2) is 0 Å². The molecule has 0 bridgehead atoms. The molecule has 1 aliphatic rings. The van der Waals surface area contributed by atoms with Crippen LogP contribution < -0.4 is 5.73 Å². The number of hydrogen-bond acceptors (Lipinski definition) is 3. The number of ether oxygens (including phenoxy) is 1. The van der Waals surface area contributed by atoms with E-state index in [0.29, 0.717) is 18.5 Å². The first-order valence-electron chi connectivity index (χ1n) is 6.94. The maximum atomic E-state index is 12.1. The summed E-state index contributed by atoms with van der Waals surface area (Å²) in [6.07, 6.45) is 2.87. The van der Waals surface area contributed by atoms with Crippen molar-refractivity contribution >= 4 is 6.09 Å². The zero-order chi connectivity index (χ0) is 13.9. The molecule has 1 aliphatic carbocycles. The molecule has 1 atom stereocenters. The van der Waals surface area contributed by atoms with Crippen molar-refractivity contribution in [3.05, 3.63) is 0 Å². The number of rotatable bonds is 5. The third kappa shape index (κ3) is 5.71. The maximum absolute atomic E-state index is 12.1. The third-order valence-corrected chi connectivity index (χ3v) is 2.82. The molecular weight excluding hydrogens is 228 g/mol. The van der Waals surface area contributed by atoms with Gasteiger partial charge in [0, 0.05) is 18.6 Å².